The number of ether oxygens (including phenoxy) is 1. The Kier molecular flexibility index (Phi) is 6.63. The van der Waals surface area contributed by atoms with Crippen molar-refractivity contribution in [3.05, 3.63) is 71.3 Å². The van der Waals surface area contributed by atoms with E-state index in [0.29, 0.717) is 0 Å². The summed E-state index contributed by atoms with van der Waals surface area (Å²) in [7, 11) is 0. The Morgan fingerprint density at radius 3 is 2.29 bits per heavy atom. The molecule has 1 aliphatic heterocycles. The number of nitrogens with zero attached hydrogens (tertiary/aromatic N) is 1. The fourth-order valence-electron chi connectivity index (χ4n) is 3.68. The van der Waals surface area contributed by atoms with Crippen LogP contribution in [0.15, 0.2) is 54.6 Å². The van der Waals surface area contributed by atoms with Crippen LogP contribution in [-0.4, -0.2) is 45.7 Å². The molecule has 0 aliphatic carbocycles. The monoisotopic (exact) mass is 424 g/mol. The molecule has 3 rings (SSSR count). The van der Waals surface area contributed by atoms with Crippen molar-refractivity contribution >= 4 is 18.0 Å². The summed E-state index contributed by atoms with van der Waals surface area (Å²) < 4.78 is 5.34. The number of benzene rings is 2. The Hall–Kier alpha value is -3.35. The number of hydrogen-bond acceptors (Lipinski definition) is 4. The number of amides is 2. The van der Waals surface area contributed by atoms with Crippen LogP contribution in [0.25, 0.3) is 0 Å². The molecule has 0 unspecified atom stereocenters. The SMILES string of the molecule is CC(C)(C)OC(=O)N[C@@H](Cc1ccccc1)C(=O)N1Cc2ccccc2C[C@H]1C(=O)O. The second kappa shape index (κ2) is 9.20. The molecule has 0 aromatic heterocycles. The summed E-state index contributed by atoms with van der Waals surface area (Å²) in [6.07, 6.45) is -0.267. The fraction of sp³-hybridized carbons (Fsp3) is 0.375. The van der Waals surface area contributed by atoms with Gasteiger partial charge in [0.25, 0.3) is 0 Å². The van der Waals surface area contributed by atoms with Crippen molar-refractivity contribution in [1.82, 2.24) is 10.2 Å². The molecule has 0 saturated carbocycles. The molecular weight excluding hydrogens is 396 g/mol. The van der Waals surface area contributed by atoms with Gasteiger partial charge in [0.1, 0.15) is 17.7 Å². The number of carbonyl (C=O) groups is 3. The third kappa shape index (κ3) is 5.84. The first-order valence-corrected chi connectivity index (χ1v) is 10.3. The Morgan fingerprint density at radius 1 is 1.06 bits per heavy atom. The molecule has 7 heteroatoms. The maximum Gasteiger partial charge on any atom is 0.408 e. The van der Waals surface area contributed by atoms with Gasteiger partial charge in [-0.1, -0.05) is 54.6 Å². The van der Waals surface area contributed by atoms with E-state index in [9.17, 15) is 19.5 Å². The number of alkyl carbamates (subject to hydrolysis) is 1. The molecule has 2 aromatic rings. The van der Waals surface area contributed by atoms with Crippen LogP contribution in [0.4, 0.5) is 4.79 Å². The molecule has 0 radical (unpaired) electrons. The lowest BCUT2D eigenvalue weighted by Crippen LogP contribution is -2.56. The lowest BCUT2D eigenvalue weighted by atomic mass is 9.92. The average Bonchev–Trinajstić information content (AvgIpc) is 2.71. The maximum atomic E-state index is 13.5. The van der Waals surface area contributed by atoms with Gasteiger partial charge in [0.15, 0.2) is 0 Å². The summed E-state index contributed by atoms with van der Waals surface area (Å²) in [4.78, 5) is 39.3. The van der Waals surface area contributed by atoms with E-state index < -0.39 is 35.7 Å². The molecule has 1 aliphatic rings. The van der Waals surface area contributed by atoms with E-state index in [1.807, 2.05) is 54.6 Å². The van der Waals surface area contributed by atoms with Crippen LogP contribution in [0.3, 0.4) is 0 Å². The number of carboxylic acids is 1. The van der Waals surface area contributed by atoms with Gasteiger partial charge in [-0.25, -0.2) is 9.59 Å². The van der Waals surface area contributed by atoms with Gasteiger partial charge in [-0.05, 0) is 37.5 Å². The molecule has 1 heterocycles. The van der Waals surface area contributed by atoms with Crippen LogP contribution in [0, 0.1) is 0 Å². The normalized spacial score (nSPS) is 16.7. The highest BCUT2D eigenvalue weighted by Gasteiger charge is 2.38. The number of rotatable bonds is 5. The molecule has 0 bridgehead atoms. The lowest BCUT2D eigenvalue weighted by Gasteiger charge is -2.37. The number of hydrogen-bond donors (Lipinski definition) is 2. The molecule has 2 N–H and O–H groups in total. The second-order valence-corrected chi connectivity index (χ2v) is 8.68. The Balaban J connectivity index is 1.88. The molecule has 0 saturated heterocycles. The van der Waals surface area contributed by atoms with E-state index in [0.717, 1.165) is 16.7 Å². The van der Waals surface area contributed by atoms with E-state index in [1.165, 1.54) is 4.90 Å². The topological polar surface area (TPSA) is 95.9 Å². The average molecular weight is 424 g/mol. The number of aliphatic carboxylic acids is 1. The zero-order chi connectivity index (χ0) is 22.6. The van der Waals surface area contributed by atoms with Crippen molar-refractivity contribution in [3.63, 3.8) is 0 Å². The van der Waals surface area contributed by atoms with E-state index in [2.05, 4.69) is 5.32 Å². The summed E-state index contributed by atoms with van der Waals surface area (Å²) in [5, 5.41) is 12.4. The number of fused-ring (bicyclic) bond motifs is 1. The van der Waals surface area contributed by atoms with Crippen LogP contribution >= 0.6 is 0 Å². The van der Waals surface area contributed by atoms with Crippen LogP contribution in [-0.2, 0) is 33.7 Å². The minimum Gasteiger partial charge on any atom is -0.480 e. The first-order chi connectivity index (χ1) is 14.6. The third-order valence-electron chi connectivity index (χ3n) is 5.09. The molecular formula is C24H28N2O5. The number of carboxylic acid groups (broad SMARTS) is 1. The van der Waals surface area contributed by atoms with Crippen molar-refractivity contribution in [2.24, 2.45) is 0 Å². The summed E-state index contributed by atoms with van der Waals surface area (Å²) in [5.74, 6) is -1.52. The van der Waals surface area contributed by atoms with Crippen LogP contribution in [0.2, 0.25) is 0 Å². The summed E-state index contributed by atoms with van der Waals surface area (Å²) in [6, 6.07) is 14.8. The highest BCUT2D eigenvalue weighted by molar-refractivity contribution is 5.90. The Morgan fingerprint density at radius 2 is 1.68 bits per heavy atom. The zero-order valence-electron chi connectivity index (χ0n) is 18.0. The molecule has 0 fully saturated rings. The first kappa shape index (κ1) is 22.3. The van der Waals surface area contributed by atoms with Gasteiger partial charge in [0, 0.05) is 19.4 Å². The molecule has 164 valence electrons. The van der Waals surface area contributed by atoms with Gasteiger partial charge in [-0.3, -0.25) is 4.79 Å². The fourth-order valence-corrected chi connectivity index (χ4v) is 3.68. The van der Waals surface area contributed by atoms with Gasteiger partial charge in [-0.2, -0.15) is 0 Å². The van der Waals surface area contributed by atoms with Gasteiger partial charge in [-0.15, -0.1) is 0 Å². The van der Waals surface area contributed by atoms with Gasteiger partial charge < -0.3 is 20.1 Å². The minimum atomic E-state index is -1.07. The quantitative estimate of drug-likeness (QED) is 0.769. The first-order valence-electron chi connectivity index (χ1n) is 10.3. The van der Waals surface area contributed by atoms with Crippen LogP contribution < -0.4 is 5.32 Å². The van der Waals surface area contributed by atoms with E-state index in [-0.39, 0.29) is 19.4 Å². The van der Waals surface area contributed by atoms with Gasteiger partial charge >= 0.3 is 12.1 Å². The largest absolute Gasteiger partial charge is 0.480 e. The Labute approximate surface area is 182 Å². The van der Waals surface area contributed by atoms with Crippen molar-refractivity contribution in [2.75, 3.05) is 0 Å². The second-order valence-electron chi connectivity index (χ2n) is 8.68. The van der Waals surface area contributed by atoms with Crippen molar-refractivity contribution < 1.29 is 24.2 Å². The van der Waals surface area contributed by atoms with Gasteiger partial charge in [0.2, 0.25) is 5.91 Å². The third-order valence-corrected chi connectivity index (χ3v) is 5.09. The van der Waals surface area contributed by atoms with Crippen molar-refractivity contribution in [2.45, 2.75) is 57.8 Å². The minimum absolute atomic E-state index is 0.174. The highest BCUT2D eigenvalue weighted by atomic mass is 16.6. The summed E-state index contributed by atoms with van der Waals surface area (Å²) in [5.41, 5.74) is 1.95. The molecule has 31 heavy (non-hydrogen) atoms. The Bertz CT molecular complexity index is 952. The molecule has 7 nitrogen and oxygen atoms in total. The van der Waals surface area contributed by atoms with Crippen LogP contribution in [0.5, 0.6) is 0 Å². The molecule has 2 aromatic carbocycles. The zero-order valence-corrected chi connectivity index (χ0v) is 18.0. The molecule has 0 spiro atoms. The number of carbonyl (C=O) groups excluding carboxylic acids is 2. The van der Waals surface area contributed by atoms with Crippen molar-refractivity contribution in [1.29, 1.82) is 0 Å². The smallest absolute Gasteiger partial charge is 0.408 e. The van der Waals surface area contributed by atoms with Crippen LogP contribution in [0.1, 0.15) is 37.5 Å². The standard InChI is InChI=1S/C24H28N2O5/c1-24(2,3)31-23(30)25-19(13-16-9-5-4-6-10-16)21(27)26-15-18-12-8-7-11-17(18)14-20(26)22(28)29/h4-12,19-20H,13-15H2,1-3H3,(H,25,30)(H,28,29)/t19-,20-/m0/s1. The summed E-state index contributed by atoms with van der Waals surface area (Å²) >= 11 is 0. The van der Waals surface area contributed by atoms with Crippen molar-refractivity contribution in [3.8, 4) is 0 Å². The van der Waals surface area contributed by atoms with E-state index in [4.69, 9.17) is 4.74 Å². The predicted octanol–water partition coefficient (Wildman–Crippen LogP) is 3.16. The summed E-state index contributed by atoms with van der Waals surface area (Å²) in [6.45, 7) is 5.39. The lowest BCUT2D eigenvalue weighted by molar-refractivity contribution is -0.152. The maximum absolute atomic E-state index is 13.5. The van der Waals surface area contributed by atoms with Gasteiger partial charge in [0.05, 0.1) is 0 Å². The number of nitrogens with one attached hydrogen (secondary N) is 1. The highest BCUT2D eigenvalue weighted by Crippen LogP contribution is 2.25. The van der Waals surface area contributed by atoms with E-state index in [1.54, 1.807) is 20.8 Å². The molecule has 2 atom stereocenters. The predicted molar refractivity (Wildman–Crippen MR) is 115 cm³/mol. The molecule has 2 amide bonds. The van der Waals surface area contributed by atoms with E-state index >= 15 is 0 Å².